The van der Waals surface area contributed by atoms with E-state index in [4.69, 9.17) is 9.97 Å². The van der Waals surface area contributed by atoms with E-state index in [2.05, 4.69) is 130 Å². The summed E-state index contributed by atoms with van der Waals surface area (Å²) >= 11 is 0. The lowest BCUT2D eigenvalue weighted by Gasteiger charge is -2.36. The zero-order valence-corrected chi connectivity index (χ0v) is 28.4. The number of hydrogen-bond donors (Lipinski definition) is 0. The molecule has 6 aromatic carbocycles. The average Bonchev–Trinajstić information content (AvgIpc) is 3.56. The highest BCUT2D eigenvalue weighted by Gasteiger charge is 2.43. The summed E-state index contributed by atoms with van der Waals surface area (Å²) in [5.74, 6) is 0. The predicted octanol–water partition coefficient (Wildman–Crippen LogP) is 8.56. The highest BCUT2D eigenvalue weighted by Crippen LogP contribution is 2.47. The first-order valence-electron chi connectivity index (χ1n) is 17.4. The molecule has 0 radical (unpaired) electrons. The largest absolute Gasteiger partial charge is 0.309 e. The maximum absolute atomic E-state index is 5.60. The van der Waals surface area contributed by atoms with E-state index < -0.39 is 0 Å². The summed E-state index contributed by atoms with van der Waals surface area (Å²) in [6, 6.07) is 30.2. The van der Waals surface area contributed by atoms with Crippen LogP contribution in [0.5, 0.6) is 0 Å². The van der Waals surface area contributed by atoms with Crippen LogP contribution in [0.1, 0.15) is 33.6 Å². The molecule has 10 aromatic rings. The SMILES string of the molecule is Cc1ccc2c(c1)c1cc(C)cc3c1n2-c1c2c(c4c(C)nc5cccc6c(C)nc1c4c56)-n1c4ccc(C)cc4c4cc(C)cc(c41)B23. The van der Waals surface area contributed by atoms with Gasteiger partial charge in [0.15, 0.2) is 0 Å². The van der Waals surface area contributed by atoms with Crippen molar-refractivity contribution in [3.63, 3.8) is 0 Å². The Hall–Kier alpha value is -5.68. The van der Waals surface area contributed by atoms with Crippen molar-refractivity contribution in [2.24, 2.45) is 0 Å². The molecule has 230 valence electrons. The van der Waals surface area contributed by atoms with Gasteiger partial charge >= 0.3 is 0 Å². The van der Waals surface area contributed by atoms with Crippen LogP contribution in [0.4, 0.5) is 0 Å². The van der Waals surface area contributed by atoms with E-state index in [9.17, 15) is 0 Å². The van der Waals surface area contributed by atoms with Gasteiger partial charge in [0.05, 0.1) is 33.4 Å². The third-order valence-electron chi connectivity index (χ3n) is 11.8. The number of aromatic nitrogens is 4. The lowest BCUT2D eigenvalue weighted by Crippen LogP contribution is -2.59. The topological polar surface area (TPSA) is 35.6 Å². The summed E-state index contributed by atoms with van der Waals surface area (Å²) in [6.07, 6.45) is 0. The molecule has 0 bridgehead atoms. The van der Waals surface area contributed by atoms with Gasteiger partial charge in [-0.3, -0.25) is 9.97 Å². The highest BCUT2D eigenvalue weighted by molar-refractivity contribution is 7.00. The third-order valence-corrected chi connectivity index (χ3v) is 11.8. The van der Waals surface area contributed by atoms with E-state index >= 15 is 0 Å². The standard InChI is InChI=1S/C44H31BN4/c1-20-10-12-34-27(14-20)29-16-22(3)18-31-41(29)48(34)43-36-25(6)46-33-9-7-8-26-24(5)47-40(38(36)37(26)33)44-39(43)45(31)32-19-23(4)17-30-28-15-21(2)11-13-35(28)49(44)42(30)32/h7-19H,1-6H3. The zero-order valence-electron chi connectivity index (χ0n) is 28.4. The molecular formula is C44H31BN4. The average molecular weight is 627 g/mol. The number of nitrogens with zero attached hydrogens (tertiary/aromatic N) is 4. The van der Waals surface area contributed by atoms with Crippen molar-refractivity contribution in [1.29, 1.82) is 0 Å². The number of pyridine rings is 2. The van der Waals surface area contributed by atoms with Gasteiger partial charge in [0.25, 0.3) is 6.71 Å². The van der Waals surface area contributed by atoms with Crippen molar-refractivity contribution >= 4 is 99.3 Å². The number of benzene rings is 6. The van der Waals surface area contributed by atoms with Crippen LogP contribution in [0.25, 0.3) is 87.6 Å². The summed E-state index contributed by atoms with van der Waals surface area (Å²) in [5, 5.41) is 10.1. The molecule has 0 spiro atoms. The Kier molecular flexibility index (Phi) is 4.45. The van der Waals surface area contributed by atoms with Crippen LogP contribution in [0, 0.1) is 41.5 Å². The first-order chi connectivity index (χ1) is 23.8. The van der Waals surface area contributed by atoms with Crippen molar-refractivity contribution in [2.75, 3.05) is 0 Å². The van der Waals surface area contributed by atoms with E-state index in [1.807, 2.05) is 0 Å². The molecule has 0 atom stereocenters. The molecular weight excluding hydrogens is 595 g/mol. The van der Waals surface area contributed by atoms with Gasteiger partial charge in [-0.05, 0) is 100 Å². The van der Waals surface area contributed by atoms with Crippen LogP contribution in [0.2, 0.25) is 0 Å². The quantitative estimate of drug-likeness (QED) is 0.125. The van der Waals surface area contributed by atoms with Crippen LogP contribution in [-0.4, -0.2) is 25.8 Å². The van der Waals surface area contributed by atoms with Gasteiger partial charge in [-0.25, -0.2) is 0 Å². The van der Waals surface area contributed by atoms with Gasteiger partial charge in [0, 0.05) is 65.5 Å². The van der Waals surface area contributed by atoms with E-state index in [-0.39, 0.29) is 6.71 Å². The zero-order chi connectivity index (χ0) is 32.8. The molecule has 0 saturated carbocycles. The second-order valence-electron chi connectivity index (χ2n) is 14.9. The van der Waals surface area contributed by atoms with Crippen molar-refractivity contribution in [1.82, 2.24) is 19.1 Å². The fourth-order valence-electron chi connectivity index (χ4n) is 10.1. The van der Waals surface area contributed by atoms with Crippen LogP contribution in [0.15, 0.2) is 78.9 Å². The molecule has 5 heteroatoms. The lowest BCUT2D eigenvalue weighted by molar-refractivity contribution is 1.14. The minimum Gasteiger partial charge on any atom is -0.309 e. The number of fused-ring (bicyclic) bond motifs is 12. The monoisotopic (exact) mass is 626 g/mol. The molecule has 0 N–H and O–H groups in total. The van der Waals surface area contributed by atoms with Crippen LogP contribution >= 0.6 is 0 Å². The smallest absolute Gasteiger partial charge is 0.252 e. The molecule has 49 heavy (non-hydrogen) atoms. The second-order valence-corrected chi connectivity index (χ2v) is 14.9. The van der Waals surface area contributed by atoms with Crippen molar-refractivity contribution in [3.8, 4) is 11.4 Å². The Morgan fingerprint density at radius 2 is 1.08 bits per heavy atom. The lowest BCUT2D eigenvalue weighted by atomic mass is 9.34. The van der Waals surface area contributed by atoms with Gasteiger partial charge in [-0.1, -0.05) is 58.7 Å². The molecule has 6 heterocycles. The van der Waals surface area contributed by atoms with Crippen LogP contribution in [-0.2, 0) is 0 Å². The van der Waals surface area contributed by atoms with Gasteiger partial charge in [-0.2, -0.15) is 0 Å². The fourth-order valence-corrected chi connectivity index (χ4v) is 10.1. The van der Waals surface area contributed by atoms with Crippen molar-refractivity contribution in [2.45, 2.75) is 41.5 Å². The third kappa shape index (κ3) is 2.89. The van der Waals surface area contributed by atoms with Gasteiger partial charge in [0.1, 0.15) is 0 Å². The predicted molar refractivity (Wildman–Crippen MR) is 207 cm³/mol. The summed E-state index contributed by atoms with van der Waals surface area (Å²) in [5.41, 5.74) is 21.1. The number of rotatable bonds is 0. The van der Waals surface area contributed by atoms with Crippen molar-refractivity contribution < 1.29 is 0 Å². The van der Waals surface area contributed by atoms with E-state index in [1.165, 1.54) is 115 Å². The Bertz CT molecular complexity index is 3230. The first kappa shape index (κ1) is 26.3. The Morgan fingerprint density at radius 1 is 0.490 bits per heavy atom. The number of hydrogen-bond acceptors (Lipinski definition) is 2. The minimum atomic E-state index is 0.0500. The first-order valence-corrected chi connectivity index (χ1v) is 17.4. The minimum absolute atomic E-state index is 0.0500. The fraction of sp³-hybridized carbons (Fsp3) is 0.136. The van der Waals surface area contributed by atoms with Gasteiger partial charge in [0.2, 0.25) is 0 Å². The molecule has 0 saturated heterocycles. The molecule has 0 amide bonds. The second kappa shape index (κ2) is 8.30. The van der Waals surface area contributed by atoms with Crippen LogP contribution < -0.4 is 16.4 Å². The molecule has 12 rings (SSSR count). The molecule has 4 nitrogen and oxygen atoms in total. The van der Waals surface area contributed by atoms with E-state index in [1.54, 1.807) is 0 Å². The van der Waals surface area contributed by atoms with Crippen LogP contribution in [0.3, 0.4) is 0 Å². The Balaban J connectivity index is 1.47. The molecule has 0 aliphatic carbocycles. The highest BCUT2D eigenvalue weighted by atomic mass is 15.1. The molecule has 4 aromatic heterocycles. The summed E-state index contributed by atoms with van der Waals surface area (Å²) in [4.78, 5) is 11.0. The maximum Gasteiger partial charge on any atom is 0.252 e. The molecule has 2 aliphatic rings. The summed E-state index contributed by atoms with van der Waals surface area (Å²) in [6.45, 7) is 13.4. The van der Waals surface area contributed by atoms with E-state index in [0.29, 0.717) is 0 Å². The maximum atomic E-state index is 5.60. The number of aryl methyl sites for hydroxylation is 6. The molecule has 0 unspecified atom stereocenters. The molecule has 0 fully saturated rings. The summed E-state index contributed by atoms with van der Waals surface area (Å²) in [7, 11) is 0. The van der Waals surface area contributed by atoms with E-state index in [0.717, 1.165) is 22.4 Å². The molecule has 2 aliphatic heterocycles. The van der Waals surface area contributed by atoms with Gasteiger partial charge in [-0.15, -0.1) is 0 Å². The van der Waals surface area contributed by atoms with Crippen molar-refractivity contribution in [3.05, 3.63) is 113 Å². The normalized spacial score (nSPS) is 13.5. The summed E-state index contributed by atoms with van der Waals surface area (Å²) < 4.78 is 5.19. The Labute approximate surface area is 283 Å². The van der Waals surface area contributed by atoms with Gasteiger partial charge < -0.3 is 9.13 Å². The Morgan fingerprint density at radius 3 is 1.71 bits per heavy atom.